The van der Waals surface area contributed by atoms with Gasteiger partial charge in [0.1, 0.15) is 0 Å². The smallest absolute Gasteiger partial charge is 0.0408 e. The molecular formula is C15H20ClNS. The molecule has 3 rings (SSSR count). The van der Waals surface area contributed by atoms with Crippen LogP contribution in [0.1, 0.15) is 42.9 Å². The van der Waals surface area contributed by atoms with Gasteiger partial charge in [0.05, 0.1) is 0 Å². The molecule has 1 saturated carbocycles. The number of fused-ring (bicyclic) bond motifs is 1. The summed E-state index contributed by atoms with van der Waals surface area (Å²) in [4.78, 5) is 0. The standard InChI is InChI=1S/C15H20ClNS/c1-18-15(7-2-8-15)10-17-14-6-3-11-9-12(16)4-5-13(11)14/h4-5,9,14,17H,2-3,6-8,10H2,1H3. The van der Waals surface area contributed by atoms with Crippen LogP contribution in [-0.4, -0.2) is 17.5 Å². The maximum absolute atomic E-state index is 6.05. The Bertz CT molecular complexity index is 437. The van der Waals surface area contributed by atoms with Gasteiger partial charge in [-0.1, -0.05) is 24.1 Å². The molecule has 1 aromatic rings. The molecular weight excluding hydrogens is 262 g/mol. The normalized spacial score (nSPS) is 24.7. The molecule has 0 aromatic heterocycles. The molecule has 2 aliphatic rings. The molecule has 1 nitrogen and oxygen atoms in total. The fraction of sp³-hybridized carbons (Fsp3) is 0.600. The van der Waals surface area contributed by atoms with Crippen molar-refractivity contribution in [1.29, 1.82) is 0 Å². The van der Waals surface area contributed by atoms with E-state index < -0.39 is 0 Å². The highest BCUT2D eigenvalue weighted by atomic mass is 35.5. The third kappa shape index (κ3) is 2.31. The van der Waals surface area contributed by atoms with Gasteiger partial charge in [0, 0.05) is 22.4 Å². The average Bonchev–Trinajstić information content (AvgIpc) is 2.71. The summed E-state index contributed by atoms with van der Waals surface area (Å²) < 4.78 is 0.523. The fourth-order valence-electron chi connectivity index (χ4n) is 3.13. The van der Waals surface area contributed by atoms with Crippen LogP contribution in [0.25, 0.3) is 0 Å². The number of thioether (sulfide) groups is 1. The Morgan fingerprint density at radius 1 is 1.44 bits per heavy atom. The molecule has 0 heterocycles. The van der Waals surface area contributed by atoms with Crippen LogP contribution < -0.4 is 5.32 Å². The summed E-state index contributed by atoms with van der Waals surface area (Å²) in [7, 11) is 0. The molecule has 1 aromatic carbocycles. The van der Waals surface area contributed by atoms with Gasteiger partial charge in [-0.15, -0.1) is 0 Å². The lowest BCUT2D eigenvalue weighted by Gasteiger charge is -2.41. The molecule has 1 atom stereocenters. The molecule has 0 spiro atoms. The number of hydrogen-bond acceptors (Lipinski definition) is 2. The fourth-order valence-corrected chi connectivity index (χ4v) is 4.25. The second-order valence-corrected chi connectivity index (χ2v) is 7.27. The minimum Gasteiger partial charge on any atom is -0.309 e. The van der Waals surface area contributed by atoms with E-state index in [4.69, 9.17) is 11.6 Å². The van der Waals surface area contributed by atoms with Gasteiger partial charge in [-0.05, 0) is 55.2 Å². The molecule has 1 N–H and O–H groups in total. The minimum atomic E-state index is 0.523. The third-order valence-electron chi connectivity index (χ3n) is 4.55. The second-order valence-electron chi connectivity index (χ2n) is 5.56. The van der Waals surface area contributed by atoms with Gasteiger partial charge < -0.3 is 5.32 Å². The zero-order chi connectivity index (χ0) is 12.6. The van der Waals surface area contributed by atoms with Crippen molar-refractivity contribution in [1.82, 2.24) is 5.32 Å². The Hall–Kier alpha value is -0.180. The van der Waals surface area contributed by atoms with Gasteiger partial charge in [0.25, 0.3) is 0 Å². The third-order valence-corrected chi connectivity index (χ3v) is 6.20. The largest absolute Gasteiger partial charge is 0.309 e. The maximum Gasteiger partial charge on any atom is 0.0408 e. The van der Waals surface area contributed by atoms with Crippen molar-refractivity contribution in [2.45, 2.75) is 42.9 Å². The summed E-state index contributed by atoms with van der Waals surface area (Å²) in [5, 5.41) is 4.66. The summed E-state index contributed by atoms with van der Waals surface area (Å²) in [6, 6.07) is 6.90. The first-order valence-electron chi connectivity index (χ1n) is 6.79. The van der Waals surface area contributed by atoms with E-state index in [2.05, 4.69) is 23.7 Å². The van der Waals surface area contributed by atoms with E-state index in [1.165, 1.54) is 43.2 Å². The zero-order valence-electron chi connectivity index (χ0n) is 10.8. The van der Waals surface area contributed by atoms with Crippen molar-refractivity contribution in [3.63, 3.8) is 0 Å². The van der Waals surface area contributed by atoms with Gasteiger partial charge in [-0.2, -0.15) is 11.8 Å². The van der Waals surface area contributed by atoms with Crippen LogP contribution in [0.3, 0.4) is 0 Å². The number of hydrogen-bond donors (Lipinski definition) is 1. The van der Waals surface area contributed by atoms with Crippen LogP contribution in [0.2, 0.25) is 5.02 Å². The minimum absolute atomic E-state index is 0.523. The van der Waals surface area contributed by atoms with E-state index in [-0.39, 0.29) is 0 Å². The summed E-state index contributed by atoms with van der Waals surface area (Å²) in [6.07, 6.45) is 8.80. The SMILES string of the molecule is CSC1(CNC2CCc3cc(Cl)ccc32)CCC1. The van der Waals surface area contributed by atoms with Crippen LogP contribution in [-0.2, 0) is 6.42 Å². The molecule has 18 heavy (non-hydrogen) atoms. The molecule has 3 heteroatoms. The first-order chi connectivity index (χ1) is 8.72. The van der Waals surface area contributed by atoms with Crippen molar-refractivity contribution in [2.24, 2.45) is 0 Å². The first-order valence-corrected chi connectivity index (χ1v) is 8.40. The second kappa shape index (κ2) is 5.07. The van der Waals surface area contributed by atoms with Gasteiger partial charge in [-0.25, -0.2) is 0 Å². The predicted molar refractivity (Wildman–Crippen MR) is 80.6 cm³/mol. The highest BCUT2D eigenvalue weighted by Crippen LogP contribution is 2.43. The number of benzene rings is 1. The quantitative estimate of drug-likeness (QED) is 0.888. The summed E-state index contributed by atoms with van der Waals surface area (Å²) in [5.74, 6) is 0. The van der Waals surface area contributed by atoms with Crippen molar-refractivity contribution in [2.75, 3.05) is 12.8 Å². The van der Waals surface area contributed by atoms with E-state index in [1.54, 1.807) is 0 Å². The number of halogens is 1. The van der Waals surface area contributed by atoms with E-state index in [0.717, 1.165) is 11.6 Å². The lowest BCUT2D eigenvalue weighted by molar-refractivity contribution is 0.330. The molecule has 1 unspecified atom stereocenters. The average molecular weight is 282 g/mol. The first kappa shape index (κ1) is 12.8. The van der Waals surface area contributed by atoms with Crippen LogP contribution in [0.4, 0.5) is 0 Å². The molecule has 2 aliphatic carbocycles. The summed E-state index contributed by atoms with van der Waals surface area (Å²) >= 11 is 8.09. The topological polar surface area (TPSA) is 12.0 Å². The van der Waals surface area contributed by atoms with Crippen molar-refractivity contribution in [3.8, 4) is 0 Å². The maximum atomic E-state index is 6.05. The lowest BCUT2D eigenvalue weighted by Crippen LogP contribution is -2.44. The molecule has 0 amide bonds. The van der Waals surface area contributed by atoms with Crippen molar-refractivity contribution < 1.29 is 0 Å². The Kier molecular flexibility index (Phi) is 3.61. The number of nitrogens with one attached hydrogen (secondary N) is 1. The Morgan fingerprint density at radius 2 is 2.28 bits per heavy atom. The molecule has 0 radical (unpaired) electrons. The van der Waals surface area contributed by atoms with E-state index >= 15 is 0 Å². The zero-order valence-corrected chi connectivity index (χ0v) is 12.4. The predicted octanol–water partition coefficient (Wildman–Crippen LogP) is 4.20. The lowest BCUT2D eigenvalue weighted by atomic mass is 9.84. The van der Waals surface area contributed by atoms with E-state index in [1.807, 2.05) is 17.8 Å². The van der Waals surface area contributed by atoms with Gasteiger partial charge >= 0.3 is 0 Å². The van der Waals surface area contributed by atoms with Crippen molar-refractivity contribution >= 4 is 23.4 Å². The highest BCUT2D eigenvalue weighted by Gasteiger charge is 2.36. The molecule has 98 valence electrons. The Balaban J connectivity index is 1.66. The van der Waals surface area contributed by atoms with Crippen LogP contribution in [0.5, 0.6) is 0 Å². The molecule has 0 aliphatic heterocycles. The number of rotatable bonds is 4. The van der Waals surface area contributed by atoms with Crippen LogP contribution in [0.15, 0.2) is 18.2 Å². The molecule has 0 saturated heterocycles. The Labute approximate surface area is 119 Å². The van der Waals surface area contributed by atoms with Gasteiger partial charge in [0.15, 0.2) is 0 Å². The van der Waals surface area contributed by atoms with Crippen LogP contribution in [0, 0.1) is 0 Å². The van der Waals surface area contributed by atoms with Crippen LogP contribution >= 0.6 is 23.4 Å². The van der Waals surface area contributed by atoms with E-state index in [0.29, 0.717) is 10.8 Å². The van der Waals surface area contributed by atoms with Gasteiger partial charge in [0.2, 0.25) is 0 Å². The van der Waals surface area contributed by atoms with Crippen molar-refractivity contribution in [3.05, 3.63) is 34.3 Å². The molecule has 0 bridgehead atoms. The molecule has 1 fully saturated rings. The Morgan fingerprint density at radius 3 is 2.94 bits per heavy atom. The summed E-state index contributed by atoms with van der Waals surface area (Å²) in [6.45, 7) is 1.15. The monoisotopic (exact) mass is 281 g/mol. The number of aryl methyl sites for hydroxylation is 1. The highest BCUT2D eigenvalue weighted by molar-refractivity contribution is 8.00. The van der Waals surface area contributed by atoms with E-state index in [9.17, 15) is 0 Å². The van der Waals surface area contributed by atoms with Gasteiger partial charge in [-0.3, -0.25) is 0 Å². The summed E-state index contributed by atoms with van der Waals surface area (Å²) in [5.41, 5.74) is 2.90.